The van der Waals surface area contributed by atoms with Crippen LogP contribution < -0.4 is 11.1 Å². The number of carbonyl (C=O) groups is 1. The highest BCUT2D eigenvalue weighted by Crippen LogP contribution is 2.24. The zero-order valence-electron chi connectivity index (χ0n) is 11.1. The third kappa shape index (κ3) is 2.93. The third-order valence-corrected chi connectivity index (χ3v) is 3.20. The Morgan fingerprint density at radius 1 is 1.32 bits per heavy atom. The summed E-state index contributed by atoms with van der Waals surface area (Å²) < 4.78 is 0. The van der Waals surface area contributed by atoms with E-state index < -0.39 is 5.41 Å². The number of H-pyrrole nitrogens is 1. The second-order valence-corrected chi connectivity index (χ2v) is 5.01. The molecular weight excluding hydrogens is 240 g/mol. The van der Waals surface area contributed by atoms with Gasteiger partial charge in [-0.25, -0.2) is 0 Å². The number of nitrogens with two attached hydrogens (primary N) is 1. The van der Waals surface area contributed by atoms with Gasteiger partial charge in [0.2, 0.25) is 5.91 Å². The summed E-state index contributed by atoms with van der Waals surface area (Å²) in [5.41, 5.74) is 7.56. The van der Waals surface area contributed by atoms with Crippen molar-refractivity contribution in [1.82, 2.24) is 15.5 Å². The molecule has 100 valence electrons. The maximum Gasteiger partial charge on any atom is 0.230 e. The van der Waals surface area contributed by atoms with Gasteiger partial charge in [-0.2, -0.15) is 5.10 Å². The number of aromatic amines is 1. The SMILES string of the molecule is CC(C)(C(=O)NCc1ccn[nH]1)c1ccc(N)cc1. The number of aromatic nitrogens is 2. The summed E-state index contributed by atoms with van der Waals surface area (Å²) in [5.74, 6) is -0.0353. The Morgan fingerprint density at radius 3 is 2.58 bits per heavy atom. The molecule has 1 amide bonds. The Labute approximate surface area is 112 Å². The average Bonchev–Trinajstić information content (AvgIpc) is 2.89. The maximum atomic E-state index is 12.3. The molecule has 0 aliphatic heterocycles. The van der Waals surface area contributed by atoms with Crippen molar-refractivity contribution in [3.63, 3.8) is 0 Å². The lowest BCUT2D eigenvalue weighted by atomic mass is 9.83. The number of nitrogen functional groups attached to an aromatic ring is 1. The summed E-state index contributed by atoms with van der Waals surface area (Å²) in [6, 6.07) is 9.20. The molecule has 0 unspecified atom stereocenters. The number of anilines is 1. The van der Waals surface area contributed by atoms with E-state index in [0.29, 0.717) is 12.2 Å². The van der Waals surface area contributed by atoms with Crippen molar-refractivity contribution >= 4 is 11.6 Å². The van der Waals surface area contributed by atoms with Crippen molar-refractivity contribution in [2.75, 3.05) is 5.73 Å². The molecule has 2 aromatic rings. The van der Waals surface area contributed by atoms with Crippen molar-refractivity contribution in [3.8, 4) is 0 Å². The molecule has 0 spiro atoms. The van der Waals surface area contributed by atoms with Gasteiger partial charge in [0.25, 0.3) is 0 Å². The van der Waals surface area contributed by atoms with Crippen LogP contribution in [0.15, 0.2) is 36.5 Å². The third-order valence-electron chi connectivity index (χ3n) is 3.20. The Kier molecular flexibility index (Phi) is 3.55. The lowest BCUT2D eigenvalue weighted by molar-refractivity contribution is -0.125. The predicted octanol–water partition coefficient (Wildman–Crippen LogP) is 1.59. The molecule has 2 rings (SSSR count). The molecule has 0 bridgehead atoms. The fourth-order valence-corrected chi connectivity index (χ4v) is 1.81. The highest BCUT2D eigenvalue weighted by atomic mass is 16.2. The van der Waals surface area contributed by atoms with Gasteiger partial charge in [-0.1, -0.05) is 12.1 Å². The van der Waals surface area contributed by atoms with Crippen LogP contribution in [0.25, 0.3) is 0 Å². The minimum absolute atomic E-state index is 0.0353. The van der Waals surface area contributed by atoms with E-state index >= 15 is 0 Å². The second kappa shape index (κ2) is 5.14. The Morgan fingerprint density at radius 2 is 2.00 bits per heavy atom. The van der Waals surface area contributed by atoms with Crippen LogP contribution >= 0.6 is 0 Å². The van der Waals surface area contributed by atoms with Gasteiger partial charge >= 0.3 is 0 Å². The van der Waals surface area contributed by atoms with Gasteiger partial charge in [0.1, 0.15) is 0 Å². The molecule has 4 N–H and O–H groups in total. The van der Waals surface area contributed by atoms with Crippen LogP contribution in [0.5, 0.6) is 0 Å². The van der Waals surface area contributed by atoms with Crippen molar-refractivity contribution < 1.29 is 4.79 Å². The Hall–Kier alpha value is -2.30. The Balaban J connectivity index is 2.06. The zero-order valence-corrected chi connectivity index (χ0v) is 11.1. The highest BCUT2D eigenvalue weighted by molar-refractivity contribution is 5.87. The van der Waals surface area contributed by atoms with E-state index in [1.54, 1.807) is 18.3 Å². The molecule has 1 aromatic carbocycles. The van der Waals surface area contributed by atoms with Gasteiger partial charge in [-0.05, 0) is 37.6 Å². The summed E-state index contributed by atoms with van der Waals surface area (Å²) in [7, 11) is 0. The number of hydrogen-bond acceptors (Lipinski definition) is 3. The summed E-state index contributed by atoms with van der Waals surface area (Å²) in [4.78, 5) is 12.3. The van der Waals surface area contributed by atoms with E-state index in [9.17, 15) is 4.79 Å². The highest BCUT2D eigenvalue weighted by Gasteiger charge is 2.29. The lowest BCUT2D eigenvalue weighted by Gasteiger charge is -2.24. The Bertz CT molecular complexity index is 543. The van der Waals surface area contributed by atoms with Crippen molar-refractivity contribution in [1.29, 1.82) is 0 Å². The van der Waals surface area contributed by atoms with Gasteiger partial charge in [0.15, 0.2) is 0 Å². The zero-order chi connectivity index (χ0) is 13.9. The van der Waals surface area contributed by atoms with E-state index in [0.717, 1.165) is 11.3 Å². The normalized spacial score (nSPS) is 11.3. The average molecular weight is 258 g/mol. The van der Waals surface area contributed by atoms with Crippen LogP contribution in [0.1, 0.15) is 25.1 Å². The molecule has 1 aromatic heterocycles. The first-order chi connectivity index (χ1) is 9.00. The first-order valence-electron chi connectivity index (χ1n) is 6.13. The van der Waals surface area contributed by atoms with Gasteiger partial charge < -0.3 is 11.1 Å². The fourth-order valence-electron chi connectivity index (χ4n) is 1.81. The standard InChI is InChI=1S/C14H18N4O/c1-14(2,10-3-5-11(15)6-4-10)13(19)16-9-12-7-8-17-18-12/h3-8H,9,15H2,1-2H3,(H,16,19)(H,17,18). The van der Waals surface area contributed by atoms with Crippen LogP contribution in [0.4, 0.5) is 5.69 Å². The smallest absolute Gasteiger partial charge is 0.230 e. The summed E-state index contributed by atoms with van der Waals surface area (Å²) in [5, 5.41) is 9.55. The number of nitrogens with zero attached hydrogens (tertiary/aromatic N) is 1. The molecule has 0 atom stereocenters. The fraction of sp³-hybridized carbons (Fsp3) is 0.286. The number of nitrogens with one attached hydrogen (secondary N) is 2. The number of amides is 1. The molecule has 5 nitrogen and oxygen atoms in total. The van der Waals surface area contributed by atoms with E-state index in [-0.39, 0.29) is 5.91 Å². The molecule has 0 aliphatic carbocycles. The first-order valence-corrected chi connectivity index (χ1v) is 6.13. The summed E-state index contributed by atoms with van der Waals surface area (Å²) in [6.45, 7) is 4.22. The molecule has 19 heavy (non-hydrogen) atoms. The van der Waals surface area contributed by atoms with Crippen molar-refractivity contribution in [2.45, 2.75) is 25.8 Å². The number of carbonyl (C=O) groups excluding carboxylic acids is 1. The van der Waals surface area contributed by atoms with Gasteiger partial charge in [-0.15, -0.1) is 0 Å². The molecule has 0 fully saturated rings. The van der Waals surface area contributed by atoms with Crippen molar-refractivity contribution in [2.24, 2.45) is 0 Å². The molecule has 0 radical (unpaired) electrons. The summed E-state index contributed by atoms with van der Waals surface area (Å²) >= 11 is 0. The van der Waals surface area contributed by atoms with Crippen molar-refractivity contribution in [3.05, 3.63) is 47.8 Å². The topological polar surface area (TPSA) is 83.8 Å². The molecule has 0 aliphatic rings. The van der Waals surface area contributed by atoms with Gasteiger partial charge in [-0.3, -0.25) is 9.89 Å². The van der Waals surface area contributed by atoms with Crippen LogP contribution in [0.2, 0.25) is 0 Å². The van der Waals surface area contributed by atoms with Crippen LogP contribution in [0.3, 0.4) is 0 Å². The van der Waals surface area contributed by atoms with E-state index in [1.165, 1.54) is 0 Å². The summed E-state index contributed by atoms with van der Waals surface area (Å²) in [6.07, 6.45) is 1.66. The number of rotatable bonds is 4. The molecular formula is C14H18N4O. The predicted molar refractivity (Wildman–Crippen MR) is 74.3 cm³/mol. The van der Waals surface area contributed by atoms with Crippen LogP contribution in [0, 0.1) is 0 Å². The minimum Gasteiger partial charge on any atom is -0.399 e. The molecule has 0 saturated carbocycles. The lowest BCUT2D eigenvalue weighted by Crippen LogP contribution is -2.39. The quantitative estimate of drug-likeness (QED) is 0.728. The van der Waals surface area contributed by atoms with Crippen LogP contribution in [-0.4, -0.2) is 16.1 Å². The molecule has 1 heterocycles. The van der Waals surface area contributed by atoms with Crippen LogP contribution in [-0.2, 0) is 16.8 Å². The van der Waals surface area contributed by atoms with Gasteiger partial charge in [0, 0.05) is 11.9 Å². The number of benzene rings is 1. The maximum absolute atomic E-state index is 12.3. The minimum atomic E-state index is -0.603. The second-order valence-electron chi connectivity index (χ2n) is 5.01. The largest absolute Gasteiger partial charge is 0.399 e. The molecule has 5 heteroatoms. The monoisotopic (exact) mass is 258 g/mol. The van der Waals surface area contributed by atoms with E-state index in [2.05, 4.69) is 15.5 Å². The van der Waals surface area contributed by atoms with Gasteiger partial charge in [0.05, 0.1) is 17.7 Å². The number of hydrogen-bond donors (Lipinski definition) is 3. The van der Waals surface area contributed by atoms with E-state index in [1.807, 2.05) is 32.0 Å². The molecule has 0 saturated heterocycles. The van der Waals surface area contributed by atoms with E-state index in [4.69, 9.17) is 5.73 Å². The first kappa shape index (κ1) is 13.1.